The van der Waals surface area contributed by atoms with Gasteiger partial charge in [-0.15, -0.1) is 0 Å². The van der Waals surface area contributed by atoms with Crippen molar-refractivity contribution in [1.82, 2.24) is 4.90 Å². The van der Waals surface area contributed by atoms with Crippen molar-refractivity contribution in [3.05, 3.63) is 76.2 Å². The van der Waals surface area contributed by atoms with E-state index in [1.165, 1.54) is 0 Å². The predicted molar refractivity (Wildman–Crippen MR) is 110 cm³/mol. The predicted octanol–water partition coefficient (Wildman–Crippen LogP) is 4.19. The van der Waals surface area contributed by atoms with Crippen LogP contribution in [0, 0.1) is 5.92 Å². The number of benzene rings is 2. The van der Waals surface area contributed by atoms with Gasteiger partial charge < -0.3 is 9.94 Å². The van der Waals surface area contributed by atoms with Crippen LogP contribution in [-0.2, 0) is 9.63 Å². The Morgan fingerprint density at radius 2 is 1.90 bits per heavy atom. The van der Waals surface area contributed by atoms with Crippen LogP contribution in [0.15, 0.2) is 64.9 Å². The molecule has 0 amide bonds. The van der Waals surface area contributed by atoms with Gasteiger partial charge in [0, 0.05) is 34.8 Å². The molecule has 29 heavy (non-hydrogen) atoms. The fraction of sp³-hybridized carbons (Fsp3) is 0.333. The molecule has 8 nitrogen and oxygen atoms in total. The summed E-state index contributed by atoms with van der Waals surface area (Å²) < 4.78 is 0. The van der Waals surface area contributed by atoms with E-state index in [-0.39, 0.29) is 5.92 Å². The molecule has 0 saturated carbocycles. The molecule has 0 spiro atoms. The van der Waals surface area contributed by atoms with Gasteiger partial charge in [-0.2, -0.15) is 0 Å². The Balaban J connectivity index is 1.67. The van der Waals surface area contributed by atoms with Gasteiger partial charge in [0.15, 0.2) is 0 Å². The number of hydrogen-bond acceptors (Lipinski definition) is 5. The van der Waals surface area contributed by atoms with E-state index in [1.807, 2.05) is 42.5 Å². The number of piperidine rings is 1. The highest BCUT2D eigenvalue weighted by Crippen LogP contribution is 2.18. The van der Waals surface area contributed by atoms with Crippen molar-refractivity contribution in [3.63, 3.8) is 0 Å². The van der Waals surface area contributed by atoms with Gasteiger partial charge in [0.25, 0.3) is 0 Å². The minimum atomic E-state index is -0.732. The van der Waals surface area contributed by atoms with Crippen molar-refractivity contribution in [2.45, 2.75) is 12.8 Å². The van der Waals surface area contributed by atoms with Crippen LogP contribution in [-0.4, -0.2) is 47.9 Å². The first-order valence-corrected chi connectivity index (χ1v) is 9.53. The highest BCUT2D eigenvalue weighted by molar-refractivity contribution is 6.12. The van der Waals surface area contributed by atoms with Crippen molar-refractivity contribution >= 4 is 17.4 Å². The topological polar surface area (TPSA) is 111 Å². The van der Waals surface area contributed by atoms with Crippen molar-refractivity contribution < 1.29 is 14.7 Å². The minimum Gasteiger partial charge on any atom is -0.481 e. The Morgan fingerprint density at radius 3 is 2.59 bits per heavy atom. The lowest BCUT2D eigenvalue weighted by Crippen LogP contribution is -2.40. The summed E-state index contributed by atoms with van der Waals surface area (Å²) in [5.41, 5.74) is 11.5. The third-order valence-corrected chi connectivity index (χ3v) is 4.86. The number of oxime groups is 1. The number of likely N-dealkylation sites (tertiary alicyclic amines) is 1. The third-order valence-electron chi connectivity index (χ3n) is 4.86. The Labute approximate surface area is 169 Å². The van der Waals surface area contributed by atoms with Crippen molar-refractivity contribution in [2.24, 2.45) is 16.2 Å². The molecule has 1 fully saturated rings. The Kier molecular flexibility index (Phi) is 7.22. The molecule has 3 rings (SSSR count). The average molecular weight is 393 g/mol. The summed E-state index contributed by atoms with van der Waals surface area (Å²) in [7, 11) is 0. The maximum atomic E-state index is 11.2. The molecule has 1 aliphatic heterocycles. The van der Waals surface area contributed by atoms with E-state index in [4.69, 9.17) is 10.4 Å². The van der Waals surface area contributed by atoms with Crippen LogP contribution in [0.2, 0.25) is 0 Å². The van der Waals surface area contributed by atoms with E-state index < -0.39 is 5.97 Å². The Bertz CT molecular complexity index is 892. The monoisotopic (exact) mass is 393 g/mol. The molecule has 2 aromatic carbocycles. The number of rotatable bonds is 8. The lowest BCUT2D eigenvalue weighted by atomic mass is 9.98. The van der Waals surface area contributed by atoms with Crippen LogP contribution in [0.4, 0.5) is 5.69 Å². The van der Waals surface area contributed by atoms with E-state index >= 15 is 0 Å². The molecule has 0 radical (unpaired) electrons. The van der Waals surface area contributed by atoms with Crippen LogP contribution >= 0.6 is 0 Å². The van der Waals surface area contributed by atoms with Gasteiger partial charge in [0.2, 0.25) is 0 Å². The molecule has 1 saturated heterocycles. The summed E-state index contributed by atoms with van der Waals surface area (Å²) in [6.07, 6.45) is 1.61. The van der Waals surface area contributed by atoms with Gasteiger partial charge >= 0.3 is 5.97 Å². The number of carbonyl (C=O) groups is 1. The van der Waals surface area contributed by atoms with Gasteiger partial charge in [-0.1, -0.05) is 64.9 Å². The number of carboxylic acids is 1. The third kappa shape index (κ3) is 5.81. The van der Waals surface area contributed by atoms with Crippen molar-refractivity contribution in [2.75, 3.05) is 26.2 Å². The van der Waals surface area contributed by atoms with Gasteiger partial charge in [0.1, 0.15) is 12.3 Å². The molecule has 0 aromatic heterocycles. The zero-order chi connectivity index (χ0) is 20.5. The van der Waals surface area contributed by atoms with E-state index in [0.29, 0.717) is 31.1 Å². The second-order valence-corrected chi connectivity index (χ2v) is 6.85. The standard InChI is InChI=1S/C21H23N5O3/c22-25-23-19-10-8-17(9-11-19)20(16-5-2-1-3-6-16)24-29-14-13-26-12-4-7-18(15-26)21(27)28/h1-3,5-6,8-11,18H,4,7,12-15H2,(H,27,28). The molecule has 0 bridgehead atoms. The molecule has 1 unspecified atom stereocenters. The molecule has 8 heteroatoms. The second-order valence-electron chi connectivity index (χ2n) is 6.85. The van der Waals surface area contributed by atoms with Crippen LogP contribution in [0.25, 0.3) is 10.4 Å². The normalized spacial score (nSPS) is 17.4. The van der Waals surface area contributed by atoms with E-state index in [1.54, 1.807) is 12.1 Å². The molecular weight excluding hydrogens is 370 g/mol. The van der Waals surface area contributed by atoms with E-state index in [9.17, 15) is 9.90 Å². The maximum absolute atomic E-state index is 11.2. The van der Waals surface area contributed by atoms with Crippen LogP contribution in [0.3, 0.4) is 0 Å². The highest BCUT2D eigenvalue weighted by Gasteiger charge is 2.25. The number of azide groups is 1. The summed E-state index contributed by atoms with van der Waals surface area (Å²) in [5.74, 6) is -1.04. The van der Waals surface area contributed by atoms with Gasteiger partial charge in [-0.3, -0.25) is 9.69 Å². The summed E-state index contributed by atoms with van der Waals surface area (Å²) >= 11 is 0. The zero-order valence-electron chi connectivity index (χ0n) is 16.0. The number of nitrogens with zero attached hydrogens (tertiary/aromatic N) is 5. The quantitative estimate of drug-likeness (QED) is 0.181. The van der Waals surface area contributed by atoms with E-state index in [0.717, 1.165) is 30.5 Å². The second kappa shape index (κ2) is 10.3. The SMILES string of the molecule is [N-]=[N+]=Nc1ccc(C(=NOCCN2CCCC(C(=O)O)C2)c2ccccc2)cc1. The molecule has 150 valence electrons. The lowest BCUT2D eigenvalue weighted by molar-refractivity contribution is -0.143. The van der Waals surface area contributed by atoms with Crippen LogP contribution in [0.1, 0.15) is 24.0 Å². The first-order valence-electron chi connectivity index (χ1n) is 9.53. The number of hydrogen-bond donors (Lipinski definition) is 1. The highest BCUT2D eigenvalue weighted by atomic mass is 16.6. The Morgan fingerprint density at radius 1 is 1.17 bits per heavy atom. The molecule has 1 aliphatic rings. The minimum absolute atomic E-state index is 0.304. The average Bonchev–Trinajstić information content (AvgIpc) is 2.75. The maximum Gasteiger partial charge on any atom is 0.307 e. The number of aliphatic carboxylic acids is 1. The van der Waals surface area contributed by atoms with Crippen LogP contribution in [0.5, 0.6) is 0 Å². The zero-order valence-corrected chi connectivity index (χ0v) is 16.0. The molecular formula is C21H23N5O3. The lowest BCUT2D eigenvalue weighted by Gasteiger charge is -2.29. The van der Waals surface area contributed by atoms with Gasteiger partial charge in [0.05, 0.1) is 5.92 Å². The summed E-state index contributed by atoms with van der Waals surface area (Å²) in [6.45, 7) is 2.43. The smallest absolute Gasteiger partial charge is 0.307 e. The molecule has 2 aromatic rings. The molecule has 1 heterocycles. The number of carboxylic acid groups (broad SMARTS) is 1. The molecule has 1 atom stereocenters. The fourth-order valence-electron chi connectivity index (χ4n) is 3.35. The first kappa shape index (κ1) is 20.4. The van der Waals surface area contributed by atoms with Crippen molar-refractivity contribution in [3.8, 4) is 0 Å². The Hall–Kier alpha value is -3.35. The summed E-state index contributed by atoms with van der Waals surface area (Å²) in [4.78, 5) is 21.7. The molecule has 0 aliphatic carbocycles. The van der Waals surface area contributed by atoms with Gasteiger partial charge in [-0.25, -0.2) is 0 Å². The fourth-order valence-corrected chi connectivity index (χ4v) is 3.35. The van der Waals surface area contributed by atoms with Gasteiger partial charge in [-0.05, 0) is 24.9 Å². The van der Waals surface area contributed by atoms with Crippen molar-refractivity contribution in [1.29, 1.82) is 0 Å². The summed E-state index contributed by atoms with van der Waals surface area (Å²) in [6, 6.07) is 16.8. The first-order chi connectivity index (χ1) is 14.2. The van der Waals surface area contributed by atoms with E-state index in [2.05, 4.69) is 20.1 Å². The van der Waals surface area contributed by atoms with Crippen LogP contribution < -0.4 is 0 Å². The largest absolute Gasteiger partial charge is 0.481 e. The summed E-state index contributed by atoms with van der Waals surface area (Å²) in [5, 5.41) is 17.1. The molecule has 1 N–H and O–H groups in total.